The fourth-order valence-corrected chi connectivity index (χ4v) is 2.04. The summed E-state index contributed by atoms with van der Waals surface area (Å²) in [7, 11) is 0. The standard InChI is InChI=1S/C12H20/c1-4-5-6-11-7-9-12(2,3)10-8-11/h1,11H,5-10H2,2-3H3. The Kier molecular flexibility index (Phi) is 3.20. The van der Waals surface area contributed by atoms with Crippen molar-refractivity contribution >= 4 is 0 Å². The lowest BCUT2D eigenvalue weighted by molar-refractivity contribution is 0.186. The van der Waals surface area contributed by atoms with Gasteiger partial charge in [-0.25, -0.2) is 0 Å². The van der Waals surface area contributed by atoms with E-state index < -0.39 is 0 Å². The molecule has 0 heteroatoms. The Morgan fingerprint density at radius 2 is 1.92 bits per heavy atom. The summed E-state index contributed by atoms with van der Waals surface area (Å²) in [6, 6.07) is 0. The molecule has 68 valence electrons. The molecule has 0 atom stereocenters. The van der Waals surface area contributed by atoms with Gasteiger partial charge >= 0.3 is 0 Å². The van der Waals surface area contributed by atoms with Gasteiger partial charge in [0, 0.05) is 6.42 Å². The molecule has 1 aliphatic carbocycles. The maximum atomic E-state index is 5.25. The second-order valence-electron chi connectivity index (χ2n) is 4.85. The van der Waals surface area contributed by atoms with Crippen molar-refractivity contribution in [3.8, 4) is 12.3 Å². The second-order valence-corrected chi connectivity index (χ2v) is 4.85. The molecule has 0 nitrogen and oxygen atoms in total. The molecule has 0 aromatic heterocycles. The number of hydrogen-bond donors (Lipinski definition) is 0. The van der Waals surface area contributed by atoms with E-state index in [2.05, 4.69) is 19.8 Å². The third kappa shape index (κ3) is 2.89. The van der Waals surface area contributed by atoms with E-state index in [1.54, 1.807) is 0 Å². The summed E-state index contributed by atoms with van der Waals surface area (Å²) in [5, 5.41) is 0. The molecule has 0 saturated heterocycles. The maximum Gasteiger partial charge on any atom is 0.00886 e. The van der Waals surface area contributed by atoms with Crippen LogP contribution in [0.15, 0.2) is 0 Å². The molecule has 0 aromatic rings. The molecule has 1 fully saturated rings. The van der Waals surface area contributed by atoms with E-state index in [0.717, 1.165) is 12.3 Å². The molecule has 12 heavy (non-hydrogen) atoms. The zero-order valence-corrected chi connectivity index (χ0v) is 8.40. The Hall–Kier alpha value is -0.440. The normalized spacial score (nSPS) is 23.4. The SMILES string of the molecule is C#CCCC1CCC(C)(C)CC1. The lowest BCUT2D eigenvalue weighted by Crippen LogP contribution is -2.21. The maximum absolute atomic E-state index is 5.25. The molecule has 0 aliphatic heterocycles. The Morgan fingerprint density at radius 1 is 1.33 bits per heavy atom. The van der Waals surface area contributed by atoms with Crippen LogP contribution < -0.4 is 0 Å². The molecular formula is C12H20. The van der Waals surface area contributed by atoms with Crippen molar-refractivity contribution in [3.05, 3.63) is 0 Å². The third-order valence-corrected chi connectivity index (χ3v) is 3.16. The molecule has 0 bridgehead atoms. The van der Waals surface area contributed by atoms with Crippen LogP contribution in [-0.4, -0.2) is 0 Å². The molecule has 1 rings (SSSR count). The molecule has 0 heterocycles. The van der Waals surface area contributed by atoms with E-state index in [1.807, 2.05) is 0 Å². The Morgan fingerprint density at radius 3 is 2.42 bits per heavy atom. The highest BCUT2D eigenvalue weighted by molar-refractivity contribution is 4.86. The van der Waals surface area contributed by atoms with Gasteiger partial charge in [0.05, 0.1) is 0 Å². The highest BCUT2D eigenvalue weighted by Gasteiger charge is 2.25. The molecule has 1 saturated carbocycles. The van der Waals surface area contributed by atoms with E-state index in [-0.39, 0.29) is 0 Å². The van der Waals surface area contributed by atoms with Gasteiger partial charge in [-0.1, -0.05) is 13.8 Å². The summed E-state index contributed by atoms with van der Waals surface area (Å²) in [5.74, 6) is 3.66. The van der Waals surface area contributed by atoms with E-state index in [0.29, 0.717) is 5.41 Å². The van der Waals surface area contributed by atoms with Crippen LogP contribution in [0.5, 0.6) is 0 Å². The van der Waals surface area contributed by atoms with Crippen LogP contribution in [0.25, 0.3) is 0 Å². The van der Waals surface area contributed by atoms with Gasteiger partial charge in [-0.15, -0.1) is 12.3 Å². The van der Waals surface area contributed by atoms with E-state index in [1.165, 1.54) is 32.1 Å². The third-order valence-electron chi connectivity index (χ3n) is 3.16. The van der Waals surface area contributed by atoms with Gasteiger partial charge in [-0.2, -0.15) is 0 Å². The van der Waals surface area contributed by atoms with Crippen molar-refractivity contribution in [1.29, 1.82) is 0 Å². The number of terminal acetylenes is 1. The van der Waals surface area contributed by atoms with Crippen LogP contribution >= 0.6 is 0 Å². The second kappa shape index (κ2) is 3.99. The van der Waals surface area contributed by atoms with Crippen molar-refractivity contribution in [2.75, 3.05) is 0 Å². The zero-order chi connectivity index (χ0) is 9.03. The summed E-state index contributed by atoms with van der Waals surface area (Å²) in [6.07, 6.45) is 13.1. The summed E-state index contributed by atoms with van der Waals surface area (Å²) < 4.78 is 0. The average molecular weight is 164 g/mol. The number of hydrogen-bond acceptors (Lipinski definition) is 0. The average Bonchev–Trinajstić information content (AvgIpc) is 2.03. The molecule has 0 radical (unpaired) electrons. The smallest absolute Gasteiger partial charge is 0.00886 e. The zero-order valence-electron chi connectivity index (χ0n) is 8.40. The largest absolute Gasteiger partial charge is 0.120 e. The predicted octanol–water partition coefficient (Wildman–Crippen LogP) is 3.62. The summed E-state index contributed by atoms with van der Waals surface area (Å²) in [5.41, 5.74) is 0.604. The van der Waals surface area contributed by atoms with Crippen LogP contribution in [0.2, 0.25) is 0 Å². The fraction of sp³-hybridized carbons (Fsp3) is 0.833. The minimum absolute atomic E-state index is 0.604. The van der Waals surface area contributed by atoms with Gasteiger partial charge in [0.15, 0.2) is 0 Å². The first-order chi connectivity index (χ1) is 5.64. The topological polar surface area (TPSA) is 0 Å². The first-order valence-corrected chi connectivity index (χ1v) is 5.07. The van der Waals surface area contributed by atoms with Gasteiger partial charge in [0.25, 0.3) is 0 Å². The molecule has 0 unspecified atom stereocenters. The van der Waals surface area contributed by atoms with Gasteiger partial charge in [-0.05, 0) is 43.4 Å². The lowest BCUT2D eigenvalue weighted by atomic mass is 9.72. The van der Waals surface area contributed by atoms with Crippen LogP contribution in [-0.2, 0) is 0 Å². The van der Waals surface area contributed by atoms with Crippen molar-refractivity contribution in [1.82, 2.24) is 0 Å². The molecule has 0 spiro atoms. The monoisotopic (exact) mass is 164 g/mol. The predicted molar refractivity (Wildman–Crippen MR) is 53.8 cm³/mol. The minimum atomic E-state index is 0.604. The Bertz CT molecular complexity index is 161. The molecule has 0 amide bonds. The Labute approximate surface area is 76.7 Å². The van der Waals surface area contributed by atoms with Crippen LogP contribution in [0.3, 0.4) is 0 Å². The summed E-state index contributed by atoms with van der Waals surface area (Å²) >= 11 is 0. The van der Waals surface area contributed by atoms with Gasteiger partial charge in [-0.3, -0.25) is 0 Å². The van der Waals surface area contributed by atoms with E-state index in [9.17, 15) is 0 Å². The van der Waals surface area contributed by atoms with Crippen molar-refractivity contribution in [3.63, 3.8) is 0 Å². The van der Waals surface area contributed by atoms with Crippen molar-refractivity contribution in [2.24, 2.45) is 11.3 Å². The molecule has 1 aliphatic rings. The van der Waals surface area contributed by atoms with Gasteiger partial charge in [0.1, 0.15) is 0 Å². The summed E-state index contributed by atoms with van der Waals surface area (Å²) in [6.45, 7) is 4.76. The number of rotatable bonds is 2. The first kappa shape index (κ1) is 9.65. The van der Waals surface area contributed by atoms with E-state index >= 15 is 0 Å². The van der Waals surface area contributed by atoms with E-state index in [4.69, 9.17) is 6.42 Å². The van der Waals surface area contributed by atoms with Gasteiger partial charge in [0.2, 0.25) is 0 Å². The fourth-order valence-electron chi connectivity index (χ4n) is 2.04. The van der Waals surface area contributed by atoms with Crippen molar-refractivity contribution in [2.45, 2.75) is 52.4 Å². The van der Waals surface area contributed by atoms with Crippen LogP contribution in [0, 0.1) is 23.7 Å². The van der Waals surface area contributed by atoms with Crippen LogP contribution in [0.4, 0.5) is 0 Å². The molecule has 0 aromatic carbocycles. The first-order valence-electron chi connectivity index (χ1n) is 5.07. The molecule has 0 N–H and O–H groups in total. The molecular weight excluding hydrogens is 144 g/mol. The van der Waals surface area contributed by atoms with Gasteiger partial charge < -0.3 is 0 Å². The highest BCUT2D eigenvalue weighted by atomic mass is 14.3. The lowest BCUT2D eigenvalue weighted by Gasteiger charge is -2.34. The van der Waals surface area contributed by atoms with Crippen LogP contribution in [0.1, 0.15) is 52.4 Å². The van der Waals surface area contributed by atoms with Crippen molar-refractivity contribution < 1.29 is 0 Å². The highest BCUT2D eigenvalue weighted by Crippen LogP contribution is 2.39. The quantitative estimate of drug-likeness (QED) is 0.547. The minimum Gasteiger partial charge on any atom is -0.120 e. The summed E-state index contributed by atoms with van der Waals surface area (Å²) in [4.78, 5) is 0. The Balaban J connectivity index is 2.23.